The van der Waals surface area contributed by atoms with Crippen LogP contribution in [0.5, 0.6) is 0 Å². The van der Waals surface area contributed by atoms with Crippen LogP contribution in [0.3, 0.4) is 0 Å². The zero-order valence-electron chi connectivity index (χ0n) is 17.4. The molecule has 162 valence electrons. The highest BCUT2D eigenvalue weighted by molar-refractivity contribution is 7.80. The molecule has 0 amide bonds. The number of nitrogens with zero attached hydrogens (tertiary/aromatic N) is 4. The van der Waals surface area contributed by atoms with E-state index in [2.05, 4.69) is 49.1 Å². The largest absolute Gasteiger partial charge is 0.467 e. The molecule has 8 heteroatoms. The van der Waals surface area contributed by atoms with E-state index in [-0.39, 0.29) is 12.1 Å². The number of pyridine rings is 1. The SMILES string of the molecule is S=C1N[C@H](c2ccccn2)[C@@H](c2cccn2Cc2ccco2)N1CCN1CCOCC1. The molecule has 2 aliphatic rings. The molecule has 5 rings (SSSR count). The Morgan fingerprint density at radius 3 is 2.74 bits per heavy atom. The summed E-state index contributed by atoms with van der Waals surface area (Å²) in [7, 11) is 0. The van der Waals surface area contributed by atoms with Crippen LogP contribution in [0.4, 0.5) is 0 Å². The lowest BCUT2D eigenvalue weighted by Crippen LogP contribution is -2.42. The molecule has 0 radical (unpaired) electrons. The highest BCUT2D eigenvalue weighted by Crippen LogP contribution is 2.38. The maximum absolute atomic E-state index is 5.81. The molecule has 0 unspecified atom stereocenters. The zero-order valence-corrected chi connectivity index (χ0v) is 18.2. The number of ether oxygens (including phenoxy) is 1. The van der Waals surface area contributed by atoms with E-state index in [0.717, 1.165) is 56.0 Å². The van der Waals surface area contributed by atoms with Crippen molar-refractivity contribution in [1.29, 1.82) is 0 Å². The van der Waals surface area contributed by atoms with Gasteiger partial charge in [0.05, 0.1) is 43.8 Å². The van der Waals surface area contributed by atoms with Crippen molar-refractivity contribution in [2.45, 2.75) is 18.6 Å². The highest BCUT2D eigenvalue weighted by Gasteiger charge is 2.41. The van der Waals surface area contributed by atoms with Crippen LogP contribution < -0.4 is 5.32 Å². The van der Waals surface area contributed by atoms with Gasteiger partial charge in [0.25, 0.3) is 0 Å². The summed E-state index contributed by atoms with van der Waals surface area (Å²) in [4.78, 5) is 9.40. The fraction of sp³-hybridized carbons (Fsp3) is 0.391. The molecule has 5 heterocycles. The van der Waals surface area contributed by atoms with Crippen LogP contribution in [0.2, 0.25) is 0 Å². The van der Waals surface area contributed by atoms with Crippen molar-refractivity contribution in [2.24, 2.45) is 0 Å². The van der Waals surface area contributed by atoms with Gasteiger partial charge in [-0.15, -0.1) is 0 Å². The molecular weight excluding hydrogens is 410 g/mol. The van der Waals surface area contributed by atoms with Gasteiger partial charge in [-0.05, 0) is 48.6 Å². The number of nitrogens with one attached hydrogen (secondary N) is 1. The van der Waals surface area contributed by atoms with Crippen molar-refractivity contribution >= 4 is 17.3 Å². The number of hydrogen-bond acceptors (Lipinski definition) is 5. The Morgan fingerprint density at radius 2 is 1.97 bits per heavy atom. The Balaban J connectivity index is 1.44. The monoisotopic (exact) mass is 437 g/mol. The average molecular weight is 438 g/mol. The summed E-state index contributed by atoms with van der Waals surface area (Å²) in [5.41, 5.74) is 2.19. The van der Waals surface area contributed by atoms with E-state index in [1.807, 2.05) is 30.5 Å². The van der Waals surface area contributed by atoms with E-state index in [9.17, 15) is 0 Å². The first kappa shape index (κ1) is 20.2. The fourth-order valence-corrected chi connectivity index (χ4v) is 4.78. The van der Waals surface area contributed by atoms with Gasteiger partial charge in [-0.1, -0.05) is 6.07 Å². The van der Waals surface area contributed by atoms with Gasteiger partial charge in [-0.2, -0.15) is 0 Å². The van der Waals surface area contributed by atoms with Crippen LogP contribution in [0, 0.1) is 0 Å². The molecule has 7 nitrogen and oxygen atoms in total. The molecule has 0 saturated carbocycles. The first-order valence-electron chi connectivity index (χ1n) is 10.8. The minimum Gasteiger partial charge on any atom is -0.467 e. The molecule has 2 saturated heterocycles. The third-order valence-electron chi connectivity index (χ3n) is 6.03. The summed E-state index contributed by atoms with van der Waals surface area (Å²) >= 11 is 5.81. The molecule has 1 N–H and O–H groups in total. The Bertz CT molecular complexity index is 985. The lowest BCUT2D eigenvalue weighted by molar-refractivity contribution is 0.0349. The first-order valence-corrected chi connectivity index (χ1v) is 11.2. The van der Waals surface area contributed by atoms with Gasteiger partial charge in [0.2, 0.25) is 0 Å². The van der Waals surface area contributed by atoms with Crippen LogP contribution in [0.15, 0.2) is 65.5 Å². The van der Waals surface area contributed by atoms with Crippen molar-refractivity contribution in [2.75, 3.05) is 39.4 Å². The Hall–Kier alpha value is -2.68. The van der Waals surface area contributed by atoms with Crippen LogP contribution in [0.25, 0.3) is 0 Å². The Morgan fingerprint density at radius 1 is 1.06 bits per heavy atom. The van der Waals surface area contributed by atoms with Crippen molar-refractivity contribution in [3.05, 3.63) is 78.3 Å². The lowest BCUT2D eigenvalue weighted by Gasteiger charge is -2.32. The van der Waals surface area contributed by atoms with Gasteiger partial charge >= 0.3 is 0 Å². The smallest absolute Gasteiger partial charge is 0.170 e. The number of hydrogen-bond donors (Lipinski definition) is 1. The van der Waals surface area contributed by atoms with Crippen LogP contribution in [0.1, 0.15) is 29.2 Å². The lowest BCUT2D eigenvalue weighted by atomic mass is 10.0. The average Bonchev–Trinajstić information content (AvgIpc) is 3.55. The number of morpholine rings is 1. The number of aromatic nitrogens is 2. The van der Waals surface area contributed by atoms with E-state index in [4.69, 9.17) is 21.4 Å². The maximum atomic E-state index is 5.81. The quantitative estimate of drug-likeness (QED) is 0.571. The molecule has 0 aliphatic carbocycles. The summed E-state index contributed by atoms with van der Waals surface area (Å²) < 4.78 is 13.4. The second-order valence-corrected chi connectivity index (χ2v) is 8.30. The topological polar surface area (TPSA) is 58.7 Å². The molecule has 0 spiro atoms. The third kappa shape index (κ3) is 4.37. The van der Waals surface area contributed by atoms with Gasteiger partial charge in [-0.25, -0.2) is 0 Å². The van der Waals surface area contributed by atoms with E-state index >= 15 is 0 Å². The van der Waals surface area contributed by atoms with Gasteiger partial charge in [0.1, 0.15) is 5.76 Å². The molecular formula is C23H27N5O2S. The van der Waals surface area contributed by atoms with E-state index in [1.54, 1.807) is 6.26 Å². The number of rotatable bonds is 7. The molecule has 31 heavy (non-hydrogen) atoms. The van der Waals surface area contributed by atoms with Gasteiger partial charge in [0.15, 0.2) is 5.11 Å². The van der Waals surface area contributed by atoms with Crippen molar-refractivity contribution in [3.63, 3.8) is 0 Å². The zero-order chi connectivity index (χ0) is 21.0. The summed E-state index contributed by atoms with van der Waals surface area (Å²) in [6.07, 6.45) is 5.67. The highest BCUT2D eigenvalue weighted by atomic mass is 32.1. The minimum absolute atomic E-state index is 0.0105. The molecule has 3 aromatic heterocycles. The van der Waals surface area contributed by atoms with Crippen molar-refractivity contribution < 1.29 is 9.15 Å². The van der Waals surface area contributed by atoms with Crippen molar-refractivity contribution in [3.8, 4) is 0 Å². The van der Waals surface area contributed by atoms with E-state index in [0.29, 0.717) is 6.54 Å². The Kier molecular flexibility index (Phi) is 6.01. The third-order valence-corrected chi connectivity index (χ3v) is 6.38. The fourth-order valence-electron chi connectivity index (χ4n) is 4.45. The molecule has 3 aromatic rings. The normalized spacial score (nSPS) is 22.1. The number of furan rings is 1. The van der Waals surface area contributed by atoms with Crippen LogP contribution >= 0.6 is 12.2 Å². The summed E-state index contributed by atoms with van der Waals surface area (Å²) in [5, 5.41) is 4.32. The minimum atomic E-state index is -0.0105. The van der Waals surface area contributed by atoms with Crippen LogP contribution in [-0.2, 0) is 11.3 Å². The van der Waals surface area contributed by atoms with E-state index < -0.39 is 0 Å². The molecule has 0 bridgehead atoms. The maximum Gasteiger partial charge on any atom is 0.170 e. The molecule has 2 aliphatic heterocycles. The first-order chi connectivity index (χ1) is 15.3. The standard InChI is InChI=1S/C23H27N5O2S/c31-23-25-21(19-6-1-2-8-24-19)22(28(23)11-10-26-12-15-29-16-13-26)20-7-3-9-27(20)17-18-5-4-14-30-18/h1-9,14,21-22H,10-13,15-17H2,(H,25,31)/t21-,22-/m1/s1. The molecule has 2 atom stereocenters. The molecule has 2 fully saturated rings. The van der Waals surface area contributed by atoms with Crippen LogP contribution in [-0.4, -0.2) is 63.9 Å². The van der Waals surface area contributed by atoms with Gasteiger partial charge in [0, 0.05) is 44.3 Å². The van der Waals surface area contributed by atoms with Gasteiger partial charge in [-0.3, -0.25) is 9.88 Å². The predicted molar refractivity (Wildman–Crippen MR) is 122 cm³/mol. The summed E-state index contributed by atoms with van der Waals surface area (Å²) in [6.45, 7) is 6.03. The van der Waals surface area contributed by atoms with Crippen molar-refractivity contribution in [1.82, 2.24) is 24.7 Å². The second kappa shape index (κ2) is 9.21. The molecule has 0 aromatic carbocycles. The number of thiocarbonyl (C=S) groups is 1. The van der Waals surface area contributed by atoms with E-state index in [1.165, 1.54) is 5.69 Å². The Labute approximate surface area is 187 Å². The summed E-state index contributed by atoms with van der Waals surface area (Å²) in [5.74, 6) is 0.931. The second-order valence-electron chi connectivity index (χ2n) is 7.91. The van der Waals surface area contributed by atoms with Gasteiger partial charge < -0.3 is 23.9 Å². The predicted octanol–water partition coefficient (Wildman–Crippen LogP) is 2.83. The summed E-state index contributed by atoms with van der Waals surface area (Å²) in [6, 6.07) is 14.3.